The lowest BCUT2D eigenvalue weighted by atomic mass is 10.3. The number of hydrogen-bond acceptors (Lipinski definition) is 2. The molecule has 1 heterocycles. The van der Waals surface area contributed by atoms with Crippen LogP contribution >= 0.6 is 27.5 Å². The van der Waals surface area contributed by atoms with Crippen molar-refractivity contribution in [2.45, 2.75) is 26.4 Å². The molecule has 2 rings (SSSR count). The van der Waals surface area contributed by atoms with Gasteiger partial charge in [-0.3, -0.25) is 4.68 Å². The van der Waals surface area contributed by atoms with Gasteiger partial charge in [0.15, 0.2) is 0 Å². The number of rotatable bonds is 4. The van der Waals surface area contributed by atoms with E-state index in [9.17, 15) is 0 Å². The molecule has 0 aliphatic heterocycles. The van der Waals surface area contributed by atoms with Gasteiger partial charge in [0.2, 0.25) is 0 Å². The van der Waals surface area contributed by atoms with Gasteiger partial charge in [-0.1, -0.05) is 27.5 Å². The first-order valence-electron chi connectivity index (χ1n) is 5.78. The molecule has 0 fully saturated rings. The van der Waals surface area contributed by atoms with Gasteiger partial charge in [-0.05, 0) is 32.0 Å². The Kier molecular flexibility index (Phi) is 4.30. The van der Waals surface area contributed by atoms with E-state index in [2.05, 4.69) is 40.2 Å². The van der Waals surface area contributed by atoms with Gasteiger partial charge < -0.3 is 5.32 Å². The number of nitrogens with zero attached hydrogens (tertiary/aromatic N) is 2. The molecule has 18 heavy (non-hydrogen) atoms. The van der Waals surface area contributed by atoms with Crippen LogP contribution in [-0.2, 0) is 6.54 Å². The van der Waals surface area contributed by atoms with Crippen LogP contribution in [0.2, 0.25) is 5.02 Å². The largest absolute Gasteiger partial charge is 0.380 e. The summed E-state index contributed by atoms with van der Waals surface area (Å²) in [5.74, 6) is 0. The van der Waals surface area contributed by atoms with Crippen LogP contribution in [0.1, 0.15) is 25.5 Å². The Balaban J connectivity index is 2.02. The molecule has 3 nitrogen and oxygen atoms in total. The van der Waals surface area contributed by atoms with Crippen LogP contribution in [0.25, 0.3) is 0 Å². The lowest BCUT2D eigenvalue weighted by molar-refractivity contribution is 0.532. The maximum Gasteiger partial charge on any atom is 0.0648 e. The lowest BCUT2D eigenvalue weighted by Crippen LogP contribution is -2.01. The van der Waals surface area contributed by atoms with Gasteiger partial charge in [-0.15, -0.1) is 0 Å². The van der Waals surface area contributed by atoms with Crippen molar-refractivity contribution in [1.29, 1.82) is 0 Å². The van der Waals surface area contributed by atoms with Crippen molar-refractivity contribution in [3.8, 4) is 0 Å². The summed E-state index contributed by atoms with van der Waals surface area (Å²) < 4.78 is 2.92. The fourth-order valence-electron chi connectivity index (χ4n) is 1.58. The van der Waals surface area contributed by atoms with E-state index in [0.29, 0.717) is 17.6 Å². The number of anilines is 1. The van der Waals surface area contributed by atoms with Gasteiger partial charge in [0.1, 0.15) is 0 Å². The highest BCUT2D eigenvalue weighted by molar-refractivity contribution is 9.10. The fourth-order valence-corrected chi connectivity index (χ4v) is 2.32. The molecule has 0 spiro atoms. The summed E-state index contributed by atoms with van der Waals surface area (Å²) in [6.45, 7) is 4.93. The number of aromatic nitrogens is 2. The van der Waals surface area contributed by atoms with Gasteiger partial charge in [0.05, 0.1) is 16.9 Å². The molecule has 0 radical (unpaired) electrons. The number of halogens is 2. The van der Waals surface area contributed by atoms with E-state index in [1.165, 1.54) is 0 Å². The minimum atomic E-state index is 0.384. The Bertz CT molecular complexity index is 537. The first kappa shape index (κ1) is 13.4. The van der Waals surface area contributed by atoms with Crippen LogP contribution in [0.4, 0.5) is 5.69 Å². The molecule has 96 valence electrons. The van der Waals surface area contributed by atoms with Crippen molar-refractivity contribution in [3.05, 3.63) is 45.7 Å². The first-order valence-corrected chi connectivity index (χ1v) is 6.95. The highest BCUT2D eigenvalue weighted by Crippen LogP contribution is 2.26. The van der Waals surface area contributed by atoms with Gasteiger partial charge in [0, 0.05) is 28.8 Å². The second-order valence-corrected chi connectivity index (χ2v) is 5.72. The molecule has 0 aliphatic carbocycles. The summed E-state index contributed by atoms with van der Waals surface area (Å²) in [6, 6.07) is 6.18. The molecule has 5 heteroatoms. The summed E-state index contributed by atoms with van der Waals surface area (Å²) in [6.07, 6.45) is 3.92. The Morgan fingerprint density at radius 3 is 2.83 bits per heavy atom. The third kappa shape index (κ3) is 3.27. The highest BCUT2D eigenvalue weighted by atomic mass is 79.9. The molecule has 0 unspecified atom stereocenters. The van der Waals surface area contributed by atoms with E-state index in [1.54, 1.807) is 0 Å². The molecule has 0 saturated heterocycles. The minimum absolute atomic E-state index is 0.384. The monoisotopic (exact) mass is 327 g/mol. The van der Waals surface area contributed by atoms with Crippen molar-refractivity contribution < 1.29 is 0 Å². The van der Waals surface area contributed by atoms with Crippen LogP contribution < -0.4 is 5.32 Å². The zero-order valence-electron chi connectivity index (χ0n) is 10.3. The first-order chi connectivity index (χ1) is 8.56. The van der Waals surface area contributed by atoms with Gasteiger partial charge in [-0.25, -0.2) is 0 Å². The smallest absolute Gasteiger partial charge is 0.0648 e. The topological polar surface area (TPSA) is 29.9 Å². The van der Waals surface area contributed by atoms with E-state index in [0.717, 1.165) is 15.7 Å². The van der Waals surface area contributed by atoms with Gasteiger partial charge in [-0.2, -0.15) is 5.10 Å². The molecule has 1 aromatic carbocycles. The average Bonchev–Trinajstić information content (AvgIpc) is 2.76. The number of benzene rings is 1. The highest BCUT2D eigenvalue weighted by Gasteiger charge is 2.03. The summed E-state index contributed by atoms with van der Waals surface area (Å²) in [5.41, 5.74) is 2.07. The van der Waals surface area contributed by atoms with Crippen LogP contribution in [0.15, 0.2) is 35.1 Å². The van der Waals surface area contributed by atoms with Crippen molar-refractivity contribution >= 4 is 33.2 Å². The molecule has 0 aliphatic rings. The molecule has 0 bridgehead atoms. The van der Waals surface area contributed by atoms with Crippen LogP contribution in [-0.4, -0.2) is 9.78 Å². The molecular formula is C13H15BrClN3. The summed E-state index contributed by atoms with van der Waals surface area (Å²) >= 11 is 9.52. The zero-order chi connectivity index (χ0) is 13.1. The maximum atomic E-state index is 6.14. The molecule has 0 saturated carbocycles. The Morgan fingerprint density at radius 1 is 1.44 bits per heavy atom. The average molecular weight is 329 g/mol. The third-order valence-electron chi connectivity index (χ3n) is 2.60. The predicted octanol–water partition coefficient (Wildman–Crippen LogP) is 4.49. The van der Waals surface area contributed by atoms with Gasteiger partial charge in [0.25, 0.3) is 0 Å². The SMILES string of the molecule is CC(C)n1cc(CNc2ccc(Br)cc2Cl)cn1. The van der Waals surface area contributed by atoms with Crippen molar-refractivity contribution in [2.75, 3.05) is 5.32 Å². The van der Waals surface area contributed by atoms with E-state index in [1.807, 2.05) is 35.3 Å². The predicted molar refractivity (Wildman–Crippen MR) is 79.1 cm³/mol. The zero-order valence-corrected chi connectivity index (χ0v) is 12.7. The Hall–Kier alpha value is -1.00. The standard InChI is InChI=1S/C13H15BrClN3/c1-9(2)18-8-10(7-17-18)6-16-13-4-3-11(14)5-12(13)15/h3-5,7-9,16H,6H2,1-2H3. The molecule has 0 amide bonds. The molecule has 2 aromatic rings. The normalized spacial score (nSPS) is 10.9. The van der Waals surface area contributed by atoms with Crippen LogP contribution in [0.3, 0.4) is 0 Å². The minimum Gasteiger partial charge on any atom is -0.380 e. The van der Waals surface area contributed by atoms with Crippen molar-refractivity contribution in [2.24, 2.45) is 0 Å². The van der Waals surface area contributed by atoms with E-state index in [4.69, 9.17) is 11.6 Å². The van der Waals surface area contributed by atoms with Crippen molar-refractivity contribution in [3.63, 3.8) is 0 Å². The number of hydrogen-bond donors (Lipinski definition) is 1. The van der Waals surface area contributed by atoms with Crippen molar-refractivity contribution in [1.82, 2.24) is 9.78 Å². The third-order valence-corrected chi connectivity index (χ3v) is 3.40. The molecule has 0 atom stereocenters. The van der Waals surface area contributed by atoms with Crippen LogP contribution in [0.5, 0.6) is 0 Å². The molecule has 1 aromatic heterocycles. The van der Waals surface area contributed by atoms with Crippen LogP contribution in [0, 0.1) is 0 Å². The maximum absolute atomic E-state index is 6.14. The van der Waals surface area contributed by atoms with E-state index >= 15 is 0 Å². The lowest BCUT2D eigenvalue weighted by Gasteiger charge is -2.07. The van der Waals surface area contributed by atoms with E-state index < -0.39 is 0 Å². The van der Waals surface area contributed by atoms with E-state index in [-0.39, 0.29) is 0 Å². The fraction of sp³-hybridized carbons (Fsp3) is 0.308. The quantitative estimate of drug-likeness (QED) is 0.896. The second-order valence-electron chi connectivity index (χ2n) is 4.40. The summed E-state index contributed by atoms with van der Waals surface area (Å²) in [7, 11) is 0. The number of nitrogens with one attached hydrogen (secondary N) is 1. The molecular weight excluding hydrogens is 314 g/mol. The summed E-state index contributed by atoms with van der Waals surface area (Å²) in [5, 5.41) is 8.31. The second kappa shape index (κ2) is 5.76. The van der Waals surface area contributed by atoms with Gasteiger partial charge >= 0.3 is 0 Å². The summed E-state index contributed by atoms with van der Waals surface area (Å²) in [4.78, 5) is 0. The Morgan fingerprint density at radius 2 is 2.22 bits per heavy atom. The Labute approximate surface area is 120 Å². The molecule has 1 N–H and O–H groups in total.